The summed E-state index contributed by atoms with van der Waals surface area (Å²) in [7, 11) is 1.44. The number of benzene rings is 1. The van der Waals surface area contributed by atoms with E-state index >= 15 is 0 Å². The summed E-state index contributed by atoms with van der Waals surface area (Å²) in [4.78, 5) is 37.5. The quantitative estimate of drug-likeness (QED) is 0.585. The highest BCUT2D eigenvalue weighted by molar-refractivity contribution is 6.13. The molecule has 1 N–H and O–H groups in total. The minimum absolute atomic E-state index is 0.144. The molecule has 1 atom stereocenters. The predicted octanol–water partition coefficient (Wildman–Crippen LogP) is 3.02. The lowest BCUT2D eigenvalue weighted by atomic mass is 10.0. The van der Waals surface area contributed by atoms with Crippen LogP contribution in [0.4, 0.5) is 14.9 Å². The number of nitrogens with zero attached hydrogens (tertiary/aromatic N) is 2. The van der Waals surface area contributed by atoms with E-state index in [9.17, 15) is 18.8 Å². The maximum absolute atomic E-state index is 13.1. The van der Waals surface area contributed by atoms with Crippen molar-refractivity contribution < 1.29 is 23.9 Å². The maximum atomic E-state index is 13.1. The molecule has 7 heteroatoms. The number of urea groups is 1. The molecule has 130 valence electrons. The summed E-state index contributed by atoms with van der Waals surface area (Å²) in [6, 6.07) is 4.48. The van der Waals surface area contributed by atoms with Gasteiger partial charge in [-0.05, 0) is 37.1 Å². The molecule has 2 rings (SSSR count). The van der Waals surface area contributed by atoms with Crippen LogP contribution in [0.3, 0.4) is 0 Å². The largest absolute Gasteiger partial charge is 0.481 e. The Bertz CT molecular complexity index is 618. The molecule has 0 aromatic heterocycles. The zero-order valence-corrected chi connectivity index (χ0v) is 13.6. The SMILES string of the molecule is CN1C(=O)C(CCCCCCC(=O)O)N(c2ccc(F)cc2)C1=O. The number of imide groups is 1. The van der Waals surface area contributed by atoms with Gasteiger partial charge in [-0.2, -0.15) is 0 Å². The van der Waals surface area contributed by atoms with E-state index in [0.29, 0.717) is 18.5 Å². The molecule has 0 saturated carbocycles. The van der Waals surface area contributed by atoms with Crippen molar-refractivity contribution in [2.24, 2.45) is 0 Å². The zero-order chi connectivity index (χ0) is 17.7. The van der Waals surface area contributed by atoms with Gasteiger partial charge < -0.3 is 5.11 Å². The fourth-order valence-corrected chi connectivity index (χ4v) is 2.84. The fourth-order valence-electron chi connectivity index (χ4n) is 2.84. The van der Waals surface area contributed by atoms with E-state index in [1.165, 1.54) is 36.2 Å². The average molecular weight is 336 g/mol. The van der Waals surface area contributed by atoms with Crippen molar-refractivity contribution in [3.05, 3.63) is 30.1 Å². The normalized spacial score (nSPS) is 17.7. The highest BCUT2D eigenvalue weighted by atomic mass is 19.1. The van der Waals surface area contributed by atoms with Crippen LogP contribution in [0, 0.1) is 5.82 Å². The van der Waals surface area contributed by atoms with Gasteiger partial charge in [-0.3, -0.25) is 19.4 Å². The van der Waals surface area contributed by atoms with Crippen LogP contribution < -0.4 is 4.90 Å². The average Bonchev–Trinajstić information content (AvgIpc) is 2.75. The van der Waals surface area contributed by atoms with Crippen molar-refractivity contribution in [1.29, 1.82) is 0 Å². The lowest BCUT2D eigenvalue weighted by Gasteiger charge is -2.21. The molecule has 1 aliphatic heterocycles. The molecule has 1 fully saturated rings. The van der Waals surface area contributed by atoms with Crippen molar-refractivity contribution in [3.8, 4) is 0 Å². The number of hydrogen-bond acceptors (Lipinski definition) is 3. The smallest absolute Gasteiger partial charge is 0.331 e. The lowest BCUT2D eigenvalue weighted by Crippen LogP contribution is -2.35. The van der Waals surface area contributed by atoms with Crippen molar-refractivity contribution >= 4 is 23.6 Å². The topological polar surface area (TPSA) is 77.9 Å². The van der Waals surface area contributed by atoms with Crippen LogP contribution in [0.15, 0.2) is 24.3 Å². The summed E-state index contributed by atoms with van der Waals surface area (Å²) in [5.74, 6) is -1.48. The first-order valence-corrected chi connectivity index (χ1v) is 8.00. The Balaban J connectivity index is 1.97. The molecule has 6 nitrogen and oxygen atoms in total. The Morgan fingerprint density at radius 3 is 2.38 bits per heavy atom. The molecule has 1 unspecified atom stereocenters. The zero-order valence-electron chi connectivity index (χ0n) is 13.6. The van der Waals surface area contributed by atoms with E-state index in [4.69, 9.17) is 5.11 Å². The van der Waals surface area contributed by atoms with Crippen molar-refractivity contribution in [2.75, 3.05) is 11.9 Å². The number of carboxylic acid groups (broad SMARTS) is 1. The third-order valence-electron chi connectivity index (χ3n) is 4.14. The standard InChI is InChI=1S/C17H21FN2O4/c1-19-16(23)14(6-4-2-3-5-7-15(21)22)20(17(19)24)13-10-8-12(18)9-11-13/h8-11,14H,2-7H2,1H3,(H,21,22). The van der Waals surface area contributed by atoms with Gasteiger partial charge in [0, 0.05) is 19.2 Å². The summed E-state index contributed by atoms with van der Waals surface area (Å²) in [6.07, 6.45) is 3.54. The van der Waals surface area contributed by atoms with E-state index in [-0.39, 0.29) is 12.3 Å². The molecule has 1 saturated heterocycles. The van der Waals surface area contributed by atoms with E-state index in [1.54, 1.807) is 0 Å². The molecule has 1 aromatic rings. The predicted molar refractivity (Wildman–Crippen MR) is 86.2 cm³/mol. The van der Waals surface area contributed by atoms with Crippen LogP contribution in [-0.4, -0.2) is 41.0 Å². The second-order valence-electron chi connectivity index (χ2n) is 5.89. The van der Waals surface area contributed by atoms with Gasteiger partial charge in [0.1, 0.15) is 11.9 Å². The van der Waals surface area contributed by atoms with Gasteiger partial charge in [0.05, 0.1) is 0 Å². The number of carbonyl (C=O) groups is 3. The van der Waals surface area contributed by atoms with Crippen LogP contribution in [0.25, 0.3) is 0 Å². The number of unbranched alkanes of at least 4 members (excludes halogenated alkanes) is 3. The number of likely N-dealkylation sites (N-methyl/N-ethyl adjacent to an activating group) is 1. The van der Waals surface area contributed by atoms with Crippen LogP contribution in [0.5, 0.6) is 0 Å². The first-order valence-electron chi connectivity index (χ1n) is 8.00. The van der Waals surface area contributed by atoms with Crippen LogP contribution in [-0.2, 0) is 9.59 Å². The number of aliphatic carboxylic acids is 1. The monoisotopic (exact) mass is 336 g/mol. The lowest BCUT2D eigenvalue weighted by molar-refractivity contribution is -0.137. The van der Waals surface area contributed by atoms with E-state index < -0.39 is 23.9 Å². The van der Waals surface area contributed by atoms with Crippen molar-refractivity contribution in [3.63, 3.8) is 0 Å². The number of carbonyl (C=O) groups excluding carboxylic acids is 2. The molecule has 1 heterocycles. The van der Waals surface area contributed by atoms with Gasteiger partial charge in [0.15, 0.2) is 0 Å². The highest BCUT2D eigenvalue weighted by Gasteiger charge is 2.43. The van der Waals surface area contributed by atoms with E-state index in [1.807, 2.05) is 0 Å². The fraction of sp³-hybridized carbons (Fsp3) is 0.471. The van der Waals surface area contributed by atoms with E-state index in [2.05, 4.69) is 0 Å². The number of anilines is 1. The first kappa shape index (κ1) is 17.9. The van der Waals surface area contributed by atoms with Gasteiger partial charge in [0.25, 0.3) is 5.91 Å². The third-order valence-corrected chi connectivity index (χ3v) is 4.14. The number of carboxylic acids is 1. The Morgan fingerprint density at radius 1 is 1.12 bits per heavy atom. The van der Waals surface area contributed by atoms with Gasteiger partial charge in [-0.1, -0.05) is 19.3 Å². The molecular weight excluding hydrogens is 315 g/mol. The third kappa shape index (κ3) is 4.10. The molecule has 0 aliphatic carbocycles. The summed E-state index contributed by atoms with van der Waals surface area (Å²) >= 11 is 0. The number of hydrogen-bond donors (Lipinski definition) is 1. The number of rotatable bonds is 8. The van der Waals surface area contributed by atoms with Crippen molar-refractivity contribution in [1.82, 2.24) is 4.90 Å². The van der Waals surface area contributed by atoms with E-state index in [0.717, 1.165) is 24.2 Å². The number of amides is 3. The summed E-state index contributed by atoms with van der Waals surface area (Å²) < 4.78 is 13.1. The molecule has 1 aliphatic rings. The molecular formula is C17H21FN2O4. The molecule has 3 amide bonds. The minimum Gasteiger partial charge on any atom is -0.481 e. The first-order chi connectivity index (χ1) is 11.4. The Morgan fingerprint density at radius 2 is 1.75 bits per heavy atom. The van der Waals surface area contributed by atoms with Crippen LogP contribution in [0.2, 0.25) is 0 Å². The second-order valence-corrected chi connectivity index (χ2v) is 5.89. The minimum atomic E-state index is -0.810. The Kier molecular flexibility index (Phi) is 5.89. The molecule has 0 spiro atoms. The summed E-state index contributed by atoms with van der Waals surface area (Å²) in [5.41, 5.74) is 0.495. The molecule has 1 aromatic carbocycles. The summed E-state index contributed by atoms with van der Waals surface area (Å²) in [5, 5.41) is 8.59. The second kappa shape index (κ2) is 7.90. The summed E-state index contributed by atoms with van der Waals surface area (Å²) in [6.45, 7) is 0. The molecule has 0 radical (unpaired) electrons. The van der Waals surface area contributed by atoms with Gasteiger partial charge in [-0.15, -0.1) is 0 Å². The molecule has 0 bridgehead atoms. The van der Waals surface area contributed by atoms with Crippen LogP contribution >= 0.6 is 0 Å². The van der Waals surface area contributed by atoms with Gasteiger partial charge in [0.2, 0.25) is 0 Å². The molecule has 24 heavy (non-hydrogen) atoms. The van der Waals surface area contributed by atoms with Gasteiger partial charge in [-0.25, -0.2) is 9.18 Å². The maximum Gasteiger partial charge on any atom is 0.331 e. The van der Waals surface area contributed by atoms with Crippen LogP contribution in [0.1, 0.15) is 38.5 Å². The van der Waals surface area contributed by atoms with Gasteiger partial charge >= 0.3 is 12.0 Å². The van der Waals surface area contributed by atoms with Crippen molar-refractivity contribution in [2.45, 2.75) is 44.6 Å². The Hall–Kier alpha value is -2.44. The highest BCUT2D eigenvalue weighted by Crippen LogP contribution is 2.28. The Labute approximate surface area is 139 Å². The number of halogens is 1.